The van der Waals surface area contributed by atoms with E-state index in [4.69, 9.17) is 4.98 Å². The van der Waals surface area contributed by atoms with Crippen LogP contribution in [-0.4, -0.2) is 87.9 Å². The van der Waals surface area contributed by atoms with Crippen LogP contribution >= 0.6 is 0 Å². The van der Waals surface area contributed by atoms with Gasteiger partial charge in [-0.3, -0.25) is 4.79 Å². The van der Waals surface area contributed by atoms with E-state index in [0.29, 0.717) is 66.2 Å². The summed E-state index contributed by atoms with van der Waals surface area (Å²) in [7, 11) is 3.66. The van der Waals surface area contributed by atoms with Gasteiger partial charge < -0.3 is 30.4 Å². The lowest BCUT2D eigenvalue weighted by Crippen LogP contribution is -2.49. The summed E-state index contributed by atoms with van der Waals surface area (Å²) >= 11 is 0. The third-order valence-corrected chi connectivity index (χ3v) is 8.20. The Kier molecular flexibility index (Phi) is 8.17. The van der Waals surface area contributed by atoms with E-state index in [2.05, 4.69) is 26.8 Å². The first-order valence-corrected chi connectivity index (χ1v) is 14.8. The molecule has 1 aromatic carbocycles. The second-order valence-corrected chi connectivity index (χ2v) is 11.4. The fourth-order valence-corrected chi connectivity index (χ4v) is 5.87. The number of amides is 1. The Morgan fingerprint density at radius 2 is 1.86 bits per heavy atom. The summed E-state index contributed by atoms with van der Waals surface area (Å²) < 4.78 is 15.8. The Hall–Kier alpha value is -4.96. The van der Waals surface area contributed by atoms with Gasteiger partial charge in [-0.15, -0.1) is 5.10 Å². The molecule has 1 aliphatic heterocycles. The van der Waals surface area contributed by atoms with Crippen LogP contribution in [0.3, 0.4) is 0 Å². The van der Waals surface area contributed by atoms with Crippen LogP contribution in [-0.2, 0) is 0 Å². The molecule has 1 saturated heterocycles. The van der Waals surface area contributed by atoms with Gasteiger partial charge in [-0.25, -0.2) is 14.4 Å². The number of pyridine rings is 1. The van der Waals surface area contributed by atoms with Crippen molar-refractivity contribution in [3.8, 4) is 6.07 Å². The van der Waals surface area contributed by atoms with E-state index in [1.165, 1.54) is 16.8 Å². The van der Waals surface area contributed by atoms with Gasteiger partial charge in [-0.05, 0) is 37.1 Å². The van der Waals surface area contributed by atoms with E-state index in [9.17, 15) is 19.6 Å². The molecule has 44 heavy (non-hydrogen) atoms. The number of nitrogens with one attached hydrogen (secondary N) is 2. The van der Waals surface area contributed by atoms with Gasteiger partial charge >= 0.3 is 0 Å². The summed E-state index contributed by atoms with van der Waals surface area (Å²) in [6, 6.07) is 13.9. The number of para-hydroxylation sites is 1. The standard InChI is InChI=1S/C31H35FN10O2/c1-39(2)29-21(31(44)41-15-13-40(14-16-41)25-9-5-3-7-22(25)32)11-12-27(37-29)36-24-17-28(35-23-8-4-6-10-26(23)43)38-42-20(18-33)19-34-30(24)42/h3,5,7,9,11-12,17,19,23,26,43H,4,6,8,10,13-16H2,1-2H3,(H,35,38)(H,36,37)/t23-,26-/m1/s1. The van der Waals surface area contributed by atoms with Crippen molar-refractivity contribution < 1.29 is 14.3 Å². The number of benzene rings is 1. The van der Waals surface area contributed by atoms with Crippen molar-refractivity contribution in [2.24, 2.45) is 0 Å². The van der Waals surface area contributed by atoms with Crippen LogP contribution in [0.1, 0.15) is 41.7 Å². The van der Waals surface area contributed by atoms with Crippen molar-refractivity contribution >= 4 is 40.4 Å². The molecule has 1 aliphatic carbocycles. The monoisotopic (exact) mass is 598 g/mol. The molecule has 3 N–H and O–H groups in total. The lowest BCUT2D eigenvalue weighted by Gasteiger charge is -2.36. The van der Waals surface area contributed by atoms with Gasteiger partial charge in [0.25, 0.3) is 5.91 Å². The van der Waals surface area contributed by atoms with Crippen LogP contribution in [0.4, 0.5) is 33.2 Å². The third-order valence-electron chi connectivity index (χ3n) is 8.20. The number of anilines is 5. The first-order chi connectivity index (χ1) is 21.3. The Bertz CT molecular complexity index is 1710. The average molecular weight is 599 g/mol. The molecule has 4 aromatic rings. The van der Waals surface area contributed by atoms with Crippen molar-refractivity contribution in [1.82, 2.24) is 24.5 Å². The van der Waals surface area contributed by atoms with E-state index in [1.807, 2.05) is 25.1 Å². The second kappa shape index (κ2) is 12.3. The van der Waals surface area contributed by atoms with Gasteiger partial charge in [0.2, 0.25) is 0 Å². The number of aromatic nitrogens is 4. The minimum Gasteiger partial charge on any atom is -0.391 e. The zero-order chi connectivity index (χ0) is 30.8. The largest absolute Gasteiger partial charge is 0.391 e. The van der Waals surface area contributed by atoms with E-state index in [-0.39, 0.29) is 23.5 Å². The molecule has 12 nitrogen and oxygen atoms in total. The van der Waals surface area contributed by atoms with E-state index >= 15 is 0 Å². The van der Waals surface area contributed by atoms with Gasteiger partial charge in [-0.1, -0.05) is 25.0 Å². The van der Waals surface area contributed by atoms with Crippen LogP contribution in [0, 0.1) is 17.1 Å². The van der Waals surface area contributed by atoms with Crippen molar-refractivity contribution in [3.05, 3.63) is 65.7 Å². The second-order valence-electron chi connectivity index (χ2n) is 11.4. The number of rotatable bonds is 7. The molecule has 0 radical (unpaired) electrons. The molecular formula is C31H35FN10O2. The maximum atomic E-state index is 14.3. The van der Waals surface area contributed by atoms with Crippen molar-refractivity contribution in [2.45, 2.75) is 37.8 Å². The zero-order valence-corrected chi connectivity index (χ0v) is 24.7. The fourth-order valence-electron chi connectivity index (χ4n) is 5.87. The van der Waals surface area contributed by atoms with Gasteiger partial charge in [0.15, 0.2) is 11.3 Å². The summed E-state index contributed by atoms with van der Waals surface area (Å²) in [5.41, 5.74) is 2.28. The number of carbonyl (C=O) groups excluding carboxylic acids is 1. The summed E-state index contributed by atoms with van der Waals surface area (Å²) in [6.07, 6.45) is 4.52. The topological polar surface area (TPSA) is 138 Å². The number of halogens is 1. The Labute approximate surface area is 254 Å². The lowest BCUT2D eigenvalue weighted by molar-refractivity contribution is 0.0747. The number of carbonyl (C=O) groups is 1. The Morgan fingerprint density at radius 3 is 2.59 bits per heavy atom. The SMILES string of the molecule is CN(C)c1nc(Nc2cc(N[C@@H]3CCCC[C@H]3O)nn3c(C#N)cnc23)ccc1C(=O)N1CCN(c2ccccc2F)CC1. The number of imidazole rings is 1. The maximum absolute atomic E-state index is 14.3. The van der Waals surface area contributed by atoms with Gasteiger partial charge in [-0.2, -0.15) is 9.78 Å². The van der Waals surface area contributed by atoms with Gasteiger partial charge in [0.1, 0.15) is 29.3 Å². The van der Waals surface area contributed by atoms with Crippen molar-refractivity contribution in [1.29, 1.82) is 5.26 Å². The molecule has 2 aliphatic rings. The third kappa shape index (κ3) is 5.80. The highest BCUT2D eigenvalue weighted by atomic mass is 19.1. The molecule has 228 valence electrons. The fraction of sp³-hybridized carbons (Fsp3) is 0.387. The van der Waals surface area contributed by atoms with Gasteiger partial charge in [0.05, 0.1) is 35.3 Å². The highest BCUT2D eigenvalue weighted by Crippen LogP contribution is 2.29. The van der Waals surface area contributed by atoms with Crippen LogP contribution < -0.4 is 20.4 Å². The molecule has 2 atom stereocenters. The normalized spacial score (nSPS) is 18.6. The summed E-state index contributed by atoms with van der Waals surface area (Å²) in [6.45, 7) is 1.97. The quantitative estimate of drug-likeness (QED) is 0.289. The van der Waals surface area contributed by atoms with Crippen LogP contribution in [0.2, 0.25) is 0 Å². The van der Waals surface area contributed by atoms with Crippen molar-refractivity contribution in [2.75, 3.05) is 60.7 Å². The first-order valence-electron chi connectivity index (χ1n) is 14.8. The number of fused-ring (bicyclic) bond motifs is 1. The first kappa shape index (κ1) is 29.1. The number of aliphatic hydroxyl groups is 1. The predicted octanol–water partition coefficient (Wildman–Crippen LogP) is 3.62. The van der Waals surface area contributed by atoms with Crippen LogP contribution in [0.15, 0.2) is 48.7 Å². The summed E-state index contributed by atoms with van der Waals surface area (Å²) in [5.74, 6) is 1.06. The molecule has 1 amide bonds. The molecule has 1 saturated carbocycles. The molecule has 3 aromatic heterocycles. The number of nitrogens with zero attached hydrogens (tertiary/aromatic N) is 8. The van der Waals surface area contributed by atoms with Crippen LogP contribution in [0.25, 0.3) is 5.65 Å². The lowest BCUT2D eigenvalue weighted by atomic mass is 9.92. The predicted molar refractivity (Wildman–Crippen MR) is 166 cm³/mol. The zero-order valence-electron chi connectivity index (χ0n) is 24.7. The van der Waals surface area contributed by atoms with Crippen molar-refractivity contribution in [3.63, 3.8) is 0 Å². The highest BCUT2D eigenvalue weighted by molar-refractivity contribution is 5.99. The molecule has 0 spiro atoms. The number of hydrogen-bond donors (Lipinski definition) is 3. The minimum atomic E-state index is -0.479. The van der Waals surface area contributed by atoms with Crippen LogP contribution in [0.5, 0.6) is 0 Å². The summed E-state index contributed by atoms with van der Waals surface area (Å²) in [4.78, 5) is 28.3. The number of piperazine rings is 1. The average Bonchev–Trinajstić information content (AvgIpc) is 3.45. The minimum absolute atomic E-state index is 0.142. The molecule has 6 rings (SSSR count). The Morgan fingerprint density at radius 1 is 1.09 bits per heavy atom. The van der Waals surface area contributed by atoms with Gasteiger partial charge in [0, 0.05) is 46.3 Å². The Balaban J connectivity index is 1.24. The molecule has 4 heterocycles. The highest BCUT2D eigenvalue weighted by Gasteiger charge is 2.27. The molecule has 0 bridgehead atoms. The van der Waals surface area contributed by atoms with E-state index < -0.39 is 6.10 Å². The number of hydrogen-bond acceptors (Lipinski definition) is 10. The summed E-state index contributed by atoms with van der Waals surface area (Å²) in [5, 5.41) is 31.3. The molecule has 0 unspecified atom stereocenters. The number of nitriles is 1. The molecule has 13 heteroatoms. The molecular weight excluding hydrogens is 563 g/mol. The van der Waals surface area contributed by atoms with E-state index in [1.54, 1.807) is 40.1 Å². The smallest absolute Gasteiger partial charge is 0.257 e. The number of aliphatic hydroxyl groups excluding tert-OH is 1. The molecule has 2 fully saturated rings. The maximum Gasteiger partial charge on any atom is 0.257 e. The van der Waals surface area contributed by atoms with E-state index in [0.717, 1.165) is 25.7 Å².